The summed E-state index contributed by atoms with van der Waals surface area (Å²) in [5.74, 6) is 1.48. The molecule has 0 aliphatic carbocycles. The topological polar surface area (TPSA) is 62.3 Å². The summed E-state index contributed by atoms with van der Waals surface area (Å²) in [6.45, 7) is 7.30. The fourth-order valence-corrected chi connectivity index (χ4v) is 5.42. The number of piperidine rings is 1. The molecule has 1 atom stereocenters. The number of hydrogen-bond acceptors (Lipinski definition) is 4. The standard InChI is InChI=1S/C28H37N3O4/c1-5-29(6-2)28(33)30-15-12-21(13-16-30)27(32)31-17-14-22-18-24(34-3)25(35-4)19-23(22)26(31)20-10-8-7-9-11-20/h7-11,18-19,21,26H,5-6,12-17H2,1-4H3. The summed E-state index contributed by atoms with van der Waals surface area (Å²) in [6.07, 6.45) is 2.16. The molecular formula is C28H37N3O4. The summed E-state index contributed by atoms with van der Waals surface area (Å²) in [4.78, 5) is 32.4. The Morgan fingerprint density at radius 3 is 2.17 bits per heavy atom. The molecule has 2 aromatic rings. The number of methoxy groups -OCH3 is 2. The van der Waals surface area contributed by atoms with E-state index in [0.29, 0.717) is 57.1 Å². The van der Waals surface area contributed by atoms with Gasteiger partial charge in [0.2, 0.25) is 5.91 Å². The highest BCUT2D eigenvalue weighted by molar-refractivity contribution is 5.81. The minimum absolute atomic E-state index is 0.0796. The van der Waals surface area contributed by atoms with E-state index in [1.807, 2.05) is 58.9 Å². The average Bonchev–Trinajstić information content (AvgIpc) is 2.92. The number of benzene rings is 2. The van der Waals surface area contributed by atoms with E-state index in [4.69, 9.17) is 9.47 Å². The van der Waals surface area contributed by atoms with Crippen molar-refractivity contribution in [1.82, 2.24) is 14.7 Å². The van der Waals surface area contributed by atoms with Gasteiger partial charge in [0.1, 0.15) is 0 Å². The van der Waals surface area contributed by atoms with Gasteiger partial charge in [-0.05, 0) is 61.9 Å². The molecule has 1 fully saturated rings. The van der Waals surface area contributed by atoms with E-state index < -0.39 is 0 Å². The molecular weight excluding hydrogens is 442 g/mol. The van der Waals surface area contributed by atoms with Crippen LogP contribution in [-0.2, 0) is 11.2 Å². The second-order valence-corrected chi connectivity index (χ2v) is 9.22. The third-order valence-electron chi connectivity index (χ3n) is 7.42. The molecule has 0 spiro atoms. The Morgan fingerprint density at radius 2 is 1.57 bits per heavy atom. The van der Waals surface area contributed by atoms with Gasteiger partial charge < -0.3 is 24.2 Å². The lowest BCUT2D eigenvalue weighted by Gasteiger charge is -2.42. The molecule has 0 N–H and O–H groups in total. The number of nitrogens with zero attached hydrogens (tertiary/aromatic N) is 3. The van der Waals surface area contributed by atoms with Crippen molar-refractivity contribution < 1.29 is 19.1 Å². The number of rotatable bonds is 6. The summed E-state index contributed by atoms with van der Waals surface area (Å²) in [5, 5.41) is 0. The lowest BCUT2D eigenvalue weighted by atomic mass is 9.85. The van der Waals surface area contributed by atoms with E-state index in [2.05, 4.69) is 12.1 Å². The number of ether oxygens (including phenoxy) is 2. The second-order valence-electron chi connectivity index (χ2n) is 9.22. The minimum atomic E-state index is -0.178. The van der Waals surface area contributed by atoms with Crippen molar-refractivity contribution in [2.75, 3.05) is 46.9 Å². The maximum atomic E-state index is 13.9. The quantitative estimate of drug-likeness (QED) is 0.618. The highest BCUT2D eigenvalue weighted by atomic mass is 16.5. The first-order chi connectivity index (χ1) is 17.0. The van der Waals surface area contributed by atoms with Crippen LogP contribution in [0, 0.1) is 5.92 Å². The molecule has 2 aliphatic heterocycles. The number of likely N-dealkylation sites (tertiary alicyclic amines) is 1. The Bertz CT molecular complexity index is 1030. The predicted molar refractivity (Wildman–Crippen MR) is 136 cm³/mol. The summed E-state index contributed by atoms with van der Waals surface area (Å²) < 4.78 is 11.1. The van der Waals surface area contributed by atoms with Crippen LogP contribution in [0.5, 0.6) is 11.5 Å². The zero-order valence-corrected chi connectivity index (χ0v) is 21.3. The summed E-state index contributed by atoms with van der Waals surface area (Å²) in [5.41, 5.74) is 3.35. The molecule has 4 rings (SSSR count). The van der Waals surface area contributed by atoms with Crippen LogP contribution in [0.2, 0.25) is 0 Å². The van der Waals surface area contributed by atoms with Gasteiger partial charge in [0, 0.05) is 38.6 Å². The van der Waals surface area contributed by atoms with Gasteiger partial charge in [0.15, 0.2) is 11.5 Å². The van der Waals surface area contributed by atoms with E-state index in [-0.39, 0.29) is 23.9 Å². The zero-order valence-electron chi connectivity index (χ0n) is 21.3. The first kappa shape index (κ1) is 24.9. The maximum Gasteiger partial charge on any atom is 0.319 e. The van der Waals surface area contributed by atoms with E-state index in [9.17, 15) is 9.59 Å². The molecule has 1 saturated heterocycles. The van der Waals surface area contributed by atoms with Crippen LogP contribution in [-0.4, -0.2) is 73.6 Å². The number of carbonyl (C=O) groups is 2. The van der Waals surface area contributed by atoms with E-state index >= 15 is 0 Å². The zero-order chi connectivity index (χ0) is 24.9. The first-order valence-electron chi connectivity index (χ1n) is 12.7. The minimum Gasteiger partial charge on any atom is -0.493 e. The van der Waals surface area contributed by atoms with Crippen LogP contribution in [0.4, 0.5) is 4.79 Å². The second kappa shape index (κ2) is 11.0. The Balaban J connectivity index is 1.59. The molecule has 188 valence electrons. The fourth-order valence-electron chi connectivity index (χ4n) is 5.42. The molecule has 2 heterocycles. The molecule has 7 heteroatoms. The summed E-state index contributed by atoms with van der Waals surface area (Å²) in [7, 11) is 3.29. The molecule has 35 heavy (non-hydrogen) atoms. The van der Waals surface area contributed by atoms with Crippen LogP contribution in [0.25, 0.3) is 0 Å². The molecule has 2 aliphatic rings. The Kier molecular flexibility index (Phi) is 7.83. The Hall–Kier alpha value is -3.22. The van der Waals surface area contributed by atoms with Crippen LogP contribution >= 0.6 is 0 Å². The van der Waals surface area contributed by atoms with Crippen molar-refractivity contribution in [2.45, 2.75) is 39.2 Å². The summed E-state index contributed by atoms with van der Waals surface area (Å²) >= 11 is 0. The number of fused-ring (bicyclic) bond motifs is 1. The monoisotopic (exact) mass is 479 g/mol. The molecule has 7 nitrogen and oxygen atoms in total. The molecule has 0 radical (unpaired) electrons. The van der Waals surface area contributed by atoms with Gasteiger partial charge in [-0.15, -0.1) is 0 Å². The van der Waals surface area contributed by atoms with Gasteiger partial charge in [-0.2, -0.15) is 0 Å². The fraction of sp³-hybridized carbons (Fsp3) is 0.500. The van der Waals surface area contributed by atoms with Gasteiger partial charge in [0.25, 0.3) is 0 Å². The largest absolute Gasteiger partial charge is 0.493 e. The van der Waals surface area contributed by atoms with Crippen LogP contribution in [0.3, 0.4) is 0 Å². The van der Waals surface area contributed by atoms with Crippen LogP contribution in [0.15, 0.2) is 42.5 Å². The van der Waals surface area contributed by atoms with Crippen molar-refractivity contribution >= 4 is 11.9 Å². The van der Waals surface area contributed by atoms with Gasteiger partial charge in [-0.25, -0.2) is 4.79 Å². The molecule has 3 amide bonds. The molecule has 0 bridgehead atoms. The Morgan fingerprint density at radius 1 is 0.943 bits per heavy atom. The van der Waals surface area contributed by atoms with Crippen molar-refractivity contribution in [3.63, 3.8) is 0 Å². The van der Waals surface area contributed by atoms with E-state index in [0.717, 1.165) is 17.5 Å². The number of carbonyl (C=O) groups excluding carboxylic acids is 2. The van der Waals surface area contributed by atoms with Crippen molar-refractivity contribution in [3.8, 4) is 11.5 Å². The van der Waals surface area contributed by atoms with Crippen molar-refractivity contribution in [3.05, 3.63) is 59.2 Å². The molecule has 0 saturated carbocycles. The Labute approximate surface area is 208 Å². The lowest BCUT2D eigenvalue weighted by Crippen LogP contribution is -2.50. The maximum absolute atomic E-state index is 13.9. The van der Waals surface area contributed by atoms with Crippen molar-refractivity contribution in [2.24, 2.45) is 5.92 Å². The highest BCUT2D eigenvalue weighted by Crippen LogP contribution is 2.42. The SMILES string of the molecule is CCN(CC)C(=O)N1CCC(C(=O)N2CCc3cc(OC)c(OC)cc3C2c2ccccc2)CC1. The van der Waals surface area contributed by atoms with Crippen LogP contribution in [0.1, 0.15) is 49.4 Å². The molecule has 0 aromatic heterocycles. The predicted octanol–water partition coefficient (Wildman–Crippen LogP) is 4.35. The van der Waals surface area contributed by atoms with Crippen molar-refractivity contribution in [1.29, 1.82) is 0 Å². The molecule has 2 aromatic carbocycles. The van der Waals surface area contributed by atoms with Gasteiger partial charge in [-0.1, -0.05) is 30.3 Å². The van der Waals surface area contributed by atoms with Gasteiger partial charge in [0.05, 0.1) is 20.3 Å². The van der Waals surface area contributed by atoms with Crippen LogP contribution < -0.4 is 9.47 Å². The van der Waals surface area contributed by atoms with E-state index in [1.165, 1.54) is 5.56 Å². The number of hydrogen-bond donors (Lipinski definition) is 0. The van der Waals surface area contributed by atoms with Gasteiger partial charge >= 0.3 is 6.03 Å². The van der Waals surface area contributed by atoms with E-state index in [1.54, 1.807) is 14.2 Å². The summed E-state index contributed by atoms with van der Waals surface area (Å²) in [6, 6.07) is 14.2. The normalized spacial score (nSPS) is 18.1. The third kappa shape index (κ3) is 4.95. The number of amides is 3. The number of urea groups is 1. The van der Waals surface area contributed by atoms with Gasteiger partial charge in [-0.3, -0.25) is 4.79 Å². The smallest absolute Gasteiger partial charge is 0.319 e. The molecule has 1 unspecified atom stereocenters. The highest BCUT2D eigenvalue weighted by Gasteiger charge is 2.38. The lowest BCUT2D eigenvalue weighted by molar-refractivity contribution is -0.139. The average molecular weight is 480 g/mol. The third-order valence-corrected chi connectivity index (χ3v) is 7.42. The first-order valence-corrected chi connectivity index (χ1v) is 12.7.